The molecule has 0 unspecified atom stereocenters. The number of methoxy groups -OCH3 is 1. The van der Waals surface area contributed by atoms with Crippen LogP contribution in [0.5, 0.6) is 5.75 Å². The van der Waals surface area contributed by atoms with Crippen molar-refractivity contribution in [3.63, 3.8) is 0 Å². The summed E-state index contributed by atoms with van der Waals surface area (Å²) in [5.74, 6) is -3.62. The third kappa shape index (κ3) is 6.09. The van der Waals surface area contributed by atoms with E-state index in [2.05, 4.69) is 25.3 Å². The summed E-state index contributed by atoms with van der Waals surface area (Å²) in [6.45, 7) is 0. The van der Waals surface area contributed by atoms with E-state index >= 15 is 4.39 Å². The highest BCUT2D eigenvalue weighted by Gasteiger charge is 2.27. The number of nitrogens with one attached hydrogen (secondary N) is 2. The van der Waals surface area contributed by atoms with E-state index in [1.807, 2.05) is 4.72 Å². The Hall–Kier alpha value is -5.41. The Morgan fingerprint density at radius 1 is 0.783 bits per heavy atom. The Morgan fingerprint density at radius 2 is 1.52 bits per heavy atom. The molecular weight excluding hydrogens is 645 g/mol. The molecule has 0 spiro atoms. The number of thiazole rings is 1. The maximum atomic E-state index is 16.1. The number of para-hydroxylation sites is 2. The molecule has 0 aliphatic heterocycles. The zero-order valence-electron chi connectivity index (χ0n) is 23.5. The van der Waals surface area contributed by atoms with Gasteiger partial charge in [-0.05, 0) is 54.6 Å². The van der Waals surface area contributed by atoms with Gasteiger partial charge >= 0.3 is 0 Å². The van der Waals surface area contributed by atoms with Crippen LogP contribution in [0, 0.1) is 23.3 Å². The van der Waals surface area contributed by atoms with E-state index in [1.54, 1.807) is 30.3 Å². The van der Waals surface area contributed by atoms with Crippen LogP contribution in [0.25, 0.3) is 32.5 Å². The molecule has 0 saturated heterocycles. The molecule has 2 N–H and O–H groups in total. The molecule has 0 bridgehead atoms. The largest absolute Gasteiger partial charge is 0.495 e. The van der Waals surface area contributed by atoms with Crippen LogP contribution in [-0.4, -0.2) is 35.5 Å². The van der Waals surface area contributed by atoms with Gasteiger partial charge in [0.2, 0.25) is 5.95 Å². The van der Waals surface area contributed by atoms with Crippen molar-refractivity contribution in [3.05, 3.63) is 115 Å². The van der Waals surface area contributed by atoms with E-state index < -0.39 is 43.9 Å². The highest BCUT2D eigenvalue weighted by Crippen LogP contribution is 2.42. The molecule has 6 aromatic rings. The molecule has 46 heavy (non-hydrogen) atoms. The van der Waals surface area contributed by atoms with Crippen LogP contribution >= 0.6 is 11.3 Å². The number of nitrogens with zero attached hydrogens (tertiary/aromatic N) is 4. The lowest BCUT2D eigenvalue weighted by Crippen LogP contribution is -2.17. The fourth-order valence-electron chi connectivity index (χ4n) is 4.43. The van der Waals surface area contributed by atoms with Gasteiger partial charge in [-0.25, -0.2) is 40.9 Å². The number of rotatable bonds is 9. The molecule has 0 amide bonds. The topological polar surface area (TPSA) is 119 Å². The first-order valence-electron chi connectivity index (χ1n) is 13.3. The SMILES string of the molecule is COc1ccccc1Nc1nccc(-c2sc(-c3ccc(F)cn3)nc2-c2cccc(NS(=O)(=O)c3c(F)cccc3F)c2F)n1. The number of halogens is 4. The van der Waals surface area contributed by atoms with Gasteiger partial charge in [-0.15, -0.1) is 11.3 Å². The number of benzene rings is 3. The van der Waals surface area contributed by atoms with Crippen molar-refractivity contribution in [2.45, 2.75) is 4.90 Å². The van der Waals surface area contributed by atoms with Crippen molar-refractivity contribution < 1.29 is 30.7 Å². The number of anilines is 3. The Kier molecular flexibility index (Phi) is 8.34. The third-order valence-electron chi connectivity index (χ3n) is 6.50. The van der Waals surface area contributed by atoms with Gasteiger partial charge in [0.25, 0.3) is 10.0 Å². The molecule has 3 heterocycles. The lowest BCUT2D eigenvalue weighted by molar-refractivity contribution is 0.417. The monoisotopic (exact) mass is 664 g/mol. The summed E-state index contributed by atoms with van der Waals surface area (Å²) < 4.78 is 91.6. The fourth-order valence-corrected chi connectivity index (χ4v) is 6.66. The van der Waals surface area contributed by atoms with Crippen LogP contribution < -0.4 is 14.8 Å². The minimum Gasteiger partial charge on any atom is -0.495 e. The zero-order chi connectivity index (χ0) is 32.4. The van der Waals surface area contributed by atoms with E-state index in [-0.39, 0.29) is 27.9 Å². The summed E-state index contributed by atoms with van der Waals surface area (Å²) in [7, 11) is -3.37. The van der Waals surface area contributed by atoms with Crippen molar-refractivity contribution in [2.75, 3.05) is 17.1 Å². The van der Waals surface area contributed by atoms with Crippen LogP contribution in [0.15, 0.2) is 96.2 Å². The fraction of sp³-hybridized carbons (Fsp3) is 0.0323. The second-order valence-electron chi connectivity index (χ2n) is 9.47. The van der Waals surface area contributed by atoms with Crippen molar-refractivity contribution in [3.8, 4) is 38.3 Å². The summed E-state index contributed by atoms with van der Waals surface area (Å²) in [4.78, 5) is 16.6. The summed E-state index contributed by atoms with van der Waals surface area (Å²) in [5, 5.41) is 3.36. The van der Waals surface area contributed by atoms with Gasteiger partial charge < -0.3 is 10.1 Å². The predicted molar refractivity (Wildman–Crippen MR) is 165 cm³/mol. The van der Waals surface area contributed by atoms with E-state index in [4.69, 9.17) is 4.74 Å². The Balaban J connectivity index is 1.45. The smallest absolute Gasteiger partial charge is 0.267 e. The molecule has 15 heteroatoms. The summed E-state index contributed by atoms with van der Waals surface area (Å²) in [5.41, 5.74) is 0.483. The predicted octanol–water partition coefficient (Wildman–Crippen LogP) is 7.44. The van der Waals surface area contributed by atoms with Crippen LogP contribution in [0.3, 0.4) is 0 Å². The van der Waals surface area contributed by atoms with Crippen LogP contribution in [0.1, 0.15) is 0 Å². The van der Waals surface area contributed by atoms with Gasteiger partial charge in [0.05, 0.1) is 46.6 Å². The molecule has 0 saturated carbocycles. The second-order valence-corrected chi connectivity index (χ2v) is 12.1. The lowest BCUT2D eigenvalue weighted by Gasteiger charge is -2.13. The maximum Gasteiger partial charge on any atom is 0.267 e. The average Bonchev–Trinajstić information content (AvgIpc) is 3.48. The van der Waals surface area contributed by atoms with Gasteiger partial charge in [-0.1, -0.05) is 24.3 Å². The summed E-state index contributed by atoms with van der Waals surface area (Å²) in [6, 6.07) is 17.6. The number of pyridine rings is 1. The van der Waals surface area contributed by atoms with E-state index in [0.717, 1.165) is 41.8 Å². The molecule has 232 valence electrons. The van der Waals surface area contributed by atoms with Gasteiger partial charge in [0.1, 0.15) is 28.2 Å². The minimum atomic E-state index is -4.88. The van der Waals surface area contributed by atoms with Gasteiger partial charge in [-0.3, -0.25) is 9.71 Å². The molecule has 6 rings (SSSR count). The van der Waals surface area contributed by atoms with Gasteiger partial charge in [0.15, 0.2) is 10.7 Å². The molecule has 0 aliphatic rings. The normalized spacial score (nSPS) is 11.3. The van der Waals surface area contributed by atoms with Gasteiger partial charge in [0, 0.05) is 11.8 Å². The lowest BCUT2D eigenvalue weighted by atomic mass is 10.1. The van der Waals surface area contributed by atoms with Gasteiger partial charge in [-0.2, -0.15) is 0 Å². The number of hydrogen-bond donors (Lipinski definition) is 2. The quantitative estimate of drug-likeness (QED) is 0.153. The van der Waals surface area contributed by atoms with Crippen LogP contribution in [-0.2, 0) is 10.0 Å². The Morgan fingerprint density at radius 3 is 2.26 bits per heavy atom. The standard InChI is InChI=1S/C31H20F4N6O3S2/c1-44-25-11-3-2-9-21(25)38-31-36-15-14-23(39-31)28-27(40-30(45-28)24-13-12-17(32)16-37-24)18-6-4-10-22(26(18)35)41-46(42,43)29-19(33)7-5-8-20(29)34/h2-16,41H,1H3,(H,36,38,39). The number of aromatic nitrogens is 4. The first-order valence-corrected chi connectivity index (χ1v) is 15.6. The molecule has 9 nitrogen and oxygen atoms in total. The number of hydrogen-bond acceptors (Lipinski definition) is 9. The molecule has 0 radical (unpaired) electrons. The summed E-state index contributed by atoms with van der Waals surface area (Å²) >= 11 is 1.07. The number of ether oxygens (including phenoxy) is 1. The second kappa shape index (κ2) is 12.5. The summed E-state index contributed by atoms with van der Waals surface area (Å²) in [6.07, 6.45) is 2.48. The molecule has 3 aromatic heterocycles. The van der Waals surface area contributed by atoms with E-state index in [1.165, 1.54) is 37.6 Å². The Bertz CT molecular complexity index is 2160. The first kappa shape index (κ1) is 30.6. The minimum absolute atomic E-state index is 0.0451. The van der Waals surface area contributed by atoms with Crippen LogP contribution in [0.2, 0.25) is 0 Å². The first-order chi connectivity index (χ1) is 22.1. The molecular formula is C31H20F4N6O3S2. The average molecular weight is 665 g/mol. The zero-order valence-corrected chi connectivity index (χ0v) is 25.1. The molecule has 0 fully saturated rings. The molecule has 3 aromatic carbocycles. The Labute approximate surface area is 263 Å². The molecule has 0 atom stereocenters. The van der Waals surface area contributed by atoms with Crippen molar-refractivity contribution in [2.24, 2.45) is 0 Å². The third-order valence-corrected chi connectivity index (χ3v) is 9.02. The van der Waals surface area contributed by atoms with E-state index in [0.29, 0.717) is 22.0 Å². The van der Waals surface area contributed by atoms with Crippen LogP contribution in [0.4, 0.5) is 34.9 Å². The highest BCUT2D eigenvalue weighted by molar-refractivity contribution is 7.92. The van der Waals surface area contributed by atoms with Crippen molar-refractivity contribution in [1.29, 1.82) is 0 Å². The highest BCUT2D eigenvalue weighted by atomic mass is 32.2. The number of sulfonamides is 1. The molecule has 0 aliphatic carbocycles. The maximum absolute atomic E-state index is 16.1. The van der Waals surface area contributed by atoms with E-state index in [9.17, 15) is 21.6 Å². The van der Waals surface area contributed by atoms with Crippen molar-refractivity contribution in [1.82, 2.24) is 19.9 Å². The van der Waals surface area contributed by atoms with Crippen molar-refractivity contribution >= 4 is 38.7 Å².